The Labute approximate surface area is 129 Å². The van der Waals surface area contributed by atoms with Crippen LogP contribution in [0.3, 0.4) is 0 Å². The van der Waals surface area contributed by atoms with Gasteiger partial charge in [-0.3, -0.25) is 5.10 Å². The Morgan fingerprint density at radius 2 is 2.19 bits per heavy atom. The van der Waals surface area contributed by atoms with Gasteiger partial charge in [0.1, 0.15) is 0 Å². The van der Waals surface area contributed by atoms with Gasteiger partial charge in [-0.1, -0.05) is 0 Å². The molecule has 8 heteroatoms. The van der Waals surface area contributed by atoms with Crippen molar-refractivity contribution in [3.8, 4) is 0 Å². The van der Waals surface area contributed by atoms with Crippen LogP contribution in [0.1, 0.15) is 22.2 Å². The number of H-pyrrole nitrogens is 1. The molecule has 0 bridgehead atoms. The highest BCUT2D eigenvalue weighted by molar-refractivity contribution is 7.89. The highest BCUT2D eigenvalue weighted by atomic mass is 32.2. The van der Waals surface area contributed by atoms with E-state index < -0.39 is 10.0 Å². The first-order valence-corrected chi connectivity index (χ1v) is 8.97. The van der Waals surface area contributed by atoms with Gasteiger partial charge in [-0.05, 0) is 39.4 Å². The highest BCUT2D eigenvalue weighted by Crippen LogP contribution is 2.18. The number of sulfonamides is 1. The average Bonchev–Trinajstić information content (AvgIpc) is 2.98. The van der Waals surface area contributed by atoms with Crippen LogP contribution in [0.25, 0.3) is 0 Å². The zero-order valence-corrected chi connectivity index (χ0v) is 13.9. The van der Waals surface area contributed by atoms with Crippen LogP contribution in [0.15, 0.2) is 23.4 Å². The molecule has 1 atom stereocenters. The SMILES string of the molecule is CNCc1cn[nH]c1S(=O)(=O)NC(C)Cc1ccc(C)s1. The van der Waals surface area contributed by atoms with Gasteiger partial charge in [-0.2, -0.15) is 5.10 Å². The summed E-state index contributed by atoms with van der Waals surface area (Å²) in [5.41, 5.74) is 0.629. The Kier molecular flexibility index (Phi) is 5.15. The van der Waals surface area contributed by atoms with Crippen molar-refractivity contribution >= 4 is 21.4 Å². The first-order valence-electron chi connectivity index (χ1n) is 6.67. The van der Waals surface area contributed by atoms with Gasteiger partial charge in [0.2, 0.25) is 0 Å². The number of hydrogen-bond donors (Lipinski definition) is 3. The van der Waals surface area contributed by atoms with Gasteiger partial charge < -0.3 is 5.32 Å². The fourth-order valence-corrected chi connectivity index (χ4v) is 4.50. The maximum Gasteiger partial charge on any atom is 0.258 e. The number of hydrogen-bond acceptors (Lipinski definition) is 5. The van der Waals surface area contributed by atoms with Gasteiger partial charge in [0.05, 0.1) is 6.20 Å². The predicted molar refractivity (Wildman–Crippen MR) is 83.9 cm³/mol. The molecular formula is C13H20N4O2S2. The molecule has 3 N–H and O–H groups in total. The lowest BCUT2D eigenvalue weighted by Gasteiger charge is -2.13. The normalized spacial score (nSPS) is 13.5. The van der Waals surface area contributed by atoms with E-state index in [4.69, 9.17) is 0 Å². The Bertz CT molecular complexity index is 691. The molecule has 2 aromatic rings. The second-order valence-electron chi connectivity index (χ2n) is 4.99. The van der Waals surface area contributed by atoms with E-state index in [1.807, 2.05) is 26.0 Å². The summed E-state index contributed by atoms with van der Waals surface area (Å²) in [6.45, 7) is 4.35. The van der Waals surface area contributed by atoms with Crippen molar-refractivity contribution in [2.75, 3.05) is 7.05 Å². The topological polar surface area (TPSA) is 86.9 Å². The molecule has 1 unspecified atom stereocenters. The minimum absolute atomic E-state index is 0.131. The lowest BCUT2D eigenvalue weighted by molar-refractivity contribution is 0.555. The molecule has 0 aliphatic carbocycles. The molecule has 0 radical (unpaired) electrons. The molecule has 0 saturated carbocycles. The van der Waals surface area contributed by atoms with Crippen LogP contribution in [0.2, 0.25) is 0 Å². The van der Waals surface area contributed by atoms with Gasteiger partial charge in [-0.25, -0.2) is 13.1 Å². The molecule has 2 heterocycles. The van der Waals surface area contributed by atoms with Gasteiger partial charge >= 0.3 is 0 Å². The largest absolute Gasteiger partial charge is 0.316 e. The number of nitrogens with one attached hydrogen (secondary N) is 3. The summed E-state index contributed by atoms with van der Waals surface area (Å²) in [7, 11) is -1.82. The quantitative estimate of drug-likeness (QED) is 0.717. The standard InChI is InChI=1S/C13H20N4O2S2/c1-9(6-12-5-4-10(2)20-12)17-21(18,19)13-11(7-14-3)8-15-16-13/h4-5,8-9,14,17H,6-7H2,1-3H3,(H,15,16). The summed E-state index contributed by atoms with van der Waals surface area (Å²) in [4.78, 5) is 2.40. The average molecular weight is 328 g/mol. The zero-order chi connectivity index (χ0) is 15.5. The van der Waals surface area contributed by atoms with Crippen LogP contribution < -0.4 is 10.0 Å². The lowest BCUT2D eigenvalue weighted by atomic mass is 10.2. The minimum atomic E-state index is -3.59. The maximum absolute atomic E-state index is 12.4. The first kappa shape index (κ1) is 16.2. The molecule has 0 aliphatic rings. The summed E-state index contributed by atoms with van der Waals surface area (Å²) < 4.78 is 27.5. The molecule has 2 rings (SSSR count). The van der Waals surface area contributed by atoms with E-state index in [1.165, 1.54) is 16.0 Å². The van der Waals surface area contributed by atoms with Crippen LogP contribution in [-0.4, -0.2) is 31.7 Å². The summed E-state index contributed by atoms with van der Waals surface area (Å²) in [5, 5.41) is 9.44. The number of thiophene rings is 1. The van der Waals surface area contributed by atoms with Crippen molar-refractivity contribution in [3.05, 3.63) is 33.6 Å². The number of aryl methyl sites for hydroxylation is 1. The van der Waals surface area contributed by atoms with Crippen LogP contribution in [0.4, 0.5) is 0 Å². The number of rotatable bonds is 7. The Morgan fingerprint density at radius 3 is 2.81 bits per heavy atom. The van der Waals surface area contributed by atoms with Gasteiger partial charge in [0.25, 0.3) is 10.0 Å². The minimum Gasteiger partial charge on any atom is -0.316 e. The van der Waals surface area contributed by atoms with Crippen molar-refractivity contribution in [3.63, 3.8) is 0 Å². The molecule has 0 fully saturated rings. The van der Waals surface area contributed by atoms with E-state index in [2.05, 4.69) is 20.2 Å². The van der Waals surface area contributed by atoms with Crippen molar-refractivity contribution in [2.24, 2.45) is 0 Å². The molecule has 0 saturated heterocycles. The third-order valence-corrected chi connectivity index (χ3v) is 5.60. The maximum atomic E-state index is 12.4. The van der Waals surface area contributed by atoms with Crippen molar-refractivity contribution in [1.29, 1.82) is 0 Å². The molecule has 0 aromatic carbocycles. The summed E-state index contributed by atoms with van der Waals surface area (Å²) >= 11 is 1.69. The summed E-state index contributed by atoms with van der Waals surface area (Å²) in [6.07, 6.45) is 2.20. The van der Waals surface area contributed by atoms with Crippen LogP contribution in [0, 0.1) is 6.92 Å². The van der Waals surface area contributed by atoms with E-state index in [1.54, 1.807) is 18.4 Å². The monoisotopic (exact) mass is 328 g/mol. The van der Waals surface area contributed by atoms with Gasteiger partial charge in [-0.15, -0.1) is 11.3 Å². The lowest BCUT2D eigenvalue weighted by Crippen LogP contribution is -2.34. The Hall–Kier alpha value is -1.22. The number of nitrogens with zero attached hydrogens (tertiary/aromatic N) is 1. The molecule has 21 heavy (non-hydrogen) atoms. The molecule has 2 aromatic heterocycles. The molecule has 0 aliphatic heterocycles. The van der Waals surface area contributed by atoms with Crippen LogP contribution in [0.5, 0.6) is 0 Å². The highest BCUT2D eigenvalue weighted by Gasteiger charge is 2.22. The van der Waals surface area contributed by atoms with Crippen molar-refractivity contribution in [2.45, 2.75) is 37.9 Å². The summed E-state index contributed by atoms with van der Waals surface area (Å²) in [5.74, 6) is 0. The first-order chi connectivity index (χ1) is 9.92. The third kappa shape index (κ3) is 4.13. The van der Waals surface area contributed by atoms with Gasteiger partial charge in [0, 0.05) is 27.9 Å². The third-order valence-electron chi connectivity index (χ3n) is 2.97. The van der Waals surface area contributed by atoms with Crippen LogP contribution >= 0.6 is 11.3 Å². The van der Waals surface area contributed by atoms with E-state index in [0.717, 1.165) is 0 Å². The fourth-order valence-electron chi connectivity index (χ4n) is 2.11. The zero-order valence-electron chi connectivity index (χ0n) is 12.3. The number of aromatic amines is 1. The second-order valence-corrected chi connectivity index (χ2v) is 8.02. The van der Waals surface area contributed by atoms with E-state index >= 15 is 0 Å². The smallest absolute Gasteiger partial charge is 0.258 e. The van der Waals surface area contributed by atoms with Crippen molar-refractivity contribution in [1.82, 2.24) is 20.2 Å². The fraction of sp³-hybridized carbons (Fsp3) is 0.462. The Balaban J connectivity index is 2.07. The predicted octanol–water partition coefficient (Wildman–Crippen LogP) is 1.41. The van der Waals surface area contributed by atoms with E-state index in [0.29, 0.717) is 18.5 Å². The molecule has 0 amide bonds. The van der Waals surface area contributed by atoms with Gasteiger partial charge in [0.15, 0.2) is 5.03 Å². The second kappa shape index (κ2) is 6.69. The van der Waals surface area contributed by atoms with E-state index in [-0.39, 0.29) is 11.1 Å². The van der Waals surface area contributed by atoms with Crippen LogP contribution in [-0.2, 0) is 23.0 Å². The van der Waals surface area contributed by atoms with Crippen molar-refractivity contribution < 1.29 is 8.42 Å². The summed E-state index contributed by atoms with van der Waals surface area (Å²) in [6, 6.07) is 3.90. The molecule has 0 spiro atoms. The Morgan fingerprint density at radius 1 is 1.43 bits per heavy atom. The molecular weight excluding hydrogens is 308 g/mol. The number of aromatic nitrogens is 2. The molecule has 116 valence electrons. The van der Waals surface area contributed by atoms with E-state index in [9.17, 15) is 8.42 Å². The molecule has 6 nitrogen and oxygen atoms in total.